The van der Waals surface area contributed by atoms with Gasteiger partial charge in [0.15, 0.2) is 0 Å². The van der Waals surface area contributed by atoms with Crippen molar-refractivity contribution in [1.29, 1.82) is 0 Å². The maximum atomic E-state index is 13.2. The zero-order valence-corrected chi connectivity index (χ0v) is 11.3. The van der Waals surface area contributed by atoms with Gasteiger partial charge in [0.05, 0.1) is 29.9 Å². The topological polar surface area (TPSA) is 68.0 Å². The summed E-state index contributed by atoms with van der Waals surface area (Å²) in [6, 6.07) is 3.86. The molecule has 0 bridgehead atoms. The van der Waals surface area contributed by atoms with Crippen molar-refractivity contribution in [2.24, 2.45) is 5.73 Å². The van der Waals surface area contributed by atoms with Crippen molar-refractivity contribution < 1.29 is 9.18 Å². The average molecular weight is 289 g/mol. The number of amides is 1. The van der Waals surface area contributed by atoms with E-state index in [1.54, 1.807) is 5.51 Å². The smallest absolute Gasteiger partial charge is 0.252 e. The number of carbonyl (C=O) groups is 1. The fourth-order valence-electron chi connectivity index (χ4n) is 1.56. The third-order valence-corrected chi connectivity index (χ3v) is 3.10. The van der Waals surface area contributed by atoms with E-state index in [4.69, 9.17) is 5.73 Å². The van der Waals surface area contributed by atoms with Crippen LogP contribution >= 0.6 is 11.3 Å². The van der Waals surface area contributed by atoms with Crippen molar-refractivity contribution in [2.75, 3.05) is 6.54 Å². The molecule has 102 valence electrons. The van der Waals surface area contributed by atoms with Crippen LogP contribution in [0.1, 0.15) is 21.6 Å². The predicted molar refractivity (Wildman–Crippen MR) is 75.6 cm³/mol. The van der Waals surface area contributed by atoms with E-state index >= 15 is 0 Å². The van der Waals surface area contributed by atoms with E-state index < -0.39 is 5.82 Å². The van der Waals surface area contributed by atoms with E-state index in [0.717, 1.165) is 5.69 Å². The number of rotatable bonds is 3. The Morgan fingerprint density at radius 1 is 1.50 bits per heavy atom. The molecule has 20 heavy (non-hydrogen) atoms. The van der Waals surface area contributed by atoms with Gasteiger partial charge in [-0.2, -0.15) is 0 Å². The molecule has 0 aliphatic heterocycles. The number of aromatic nitrogens is 1. The summed E-state index contributed by atoms with van der Waals surface area (Å²) in [4.78, 5) is 16.1. The predicted octanol–water partition coefficient (Wildman–Crippen LogP) is 1.52. The third kappa shape index (κ3) is 3.63. The molecule has 0 saturated carbocycles. The van der Waals surface area contributed by atoms with Gasteiger partial charge >= 0.3 is 0 Å². The van der Waals surface area contributed by atoms with Crippen LogP contribution in [-0.2, 0) is 6.54 Å². The van der Waals surface area contributed by atoms with Gasteiger partial charge < -0.3 is 11.1 Å². The lowest BCUT2D eigenvalue weighted by Gasteiger charge is -2.06. The second kappa shape index (κ2) is 6.80. The molecule has 2 rings (SSSR count). The highest BCUT2D eigenvalue weighted by atomic mass is 32.1. The monoisotopic (exact) mass is 289 g/mol. The minimum absolute atomic E-state index is 0.149. The Morgan fingerprint density at radius 2 is 2.35 bits per heavy atom. The van der Waals surface area contributed by atoms with E-state index in [-0.39, 0.29) is 12.5 Å². The van der Waals surface area contributed by atoms with Gasteiger partial charge in [-0.05, 0) is 18.2 Å². The van der Waals surface area contributed by atoms with Gasteiger partial charge in [-0.15, -0.1) is 11.3 Å². The second-order valence-corrected chi connectivity index (χ2v) is 4.58. The Kier molecular flexibility index (Phi) is 4.82. The molecule has 0 atom stereocenters. The first kappa shape index (κ1) is 14.2. The molecule has 1 amide bonds. The lowest BCUT2D eigenvalue weighted by atomic mass is 10.1. The quantitative estimate of drug-likeness (QED) is 0.842. The van der Waals surface area contributed by atoms with Crippen molar-refractivity contribution in [3.63, 3.8) is 0 Å². The lowest BCUT2D eigenvalue weighted by Crippen LogP contribution is -2.24. The number of nitrogens with one attached hydrogen (secondary N) is 1. The van der Waals surface area contributed by atoms with Gasteiger partial charge in [0.1, 0.15) is 5.82 Å². The summed E-state index contributed by atoms with van der Waals surface area (Å²) in [7, 11) is 0. The largest absolute Gasteiger partial charge is 0.346 e. The van der Waals surface area contributed by atoms with Crippen LogP contribution in [0.15, 0.2) is 29.1 Å². The van der Waals surface area contributed by atoms with Gasteiger partial charge in [-0.3, -0.25) is 4.79 Å². The molecule has 0 aliphatic rings. The van der Waals surface area contributed by atoms with Crippen LogP contribution in [0.25, 0.3) is 0 Å². The minimum Gasteiger partial charge on any atom is -0.346 e. The molecular weight excluding hydrogens is 277 g/mol. The Bertz CT molecular complexity index is 659. The molecule has 0 unspecified atom stereocenters. The number of hydrogen-bond donors (Lipinski definition) is 2. The fraction of sp³-hybridized carbons (Fsp3) is 0.143. The van der Waals surface area contributed by atoms with Crippen LogP contribution in [0.4, 0.5) is 4.39 Å². The Hall–Kier alpha value is -2.23. The molecule has 3 N–H and O–H groups in total. The molecule has 6 heteroatoms. The van der Waals surface area contributed by atoms with Crippen LogP contribution in [-0.4, -0.2) is 17.4 Å². The molecule has 1 aromatic carbocycles. The number of nitrogens with two attached hydrogens (primary N) is 1. The van der Waals surface area contributed by atoms with E-state index in [1.807, 2.05) is 5.38 Å². The van der Waals surface area contributed by atoms with Crippen LogP contribution in [0, 0.1) is 17.7 Å². The summed E-state index contributed by atoms with van der Waals surface area (Å²) in [5.41, 5.74) is 8.41. The van der Waals surface area contributed by atoms with Crippen molar-refractivity contribution >= 4 is 17.2 Å². The van der Waals surface area contributed by atoms with Crippen molar-refractivity contribution in [1.82, 2.24) is 10.3 Å². The van der Waals surface area contributed by atoms with Crippen LogP contribution < -0.4 is 11.1 Å². The van der Waals surface area contributed by atoms with Crippen LogP contribution in [0.2, 0.25) is 0 Å². The van der Waals surface area contributed by atoms with Gasteiger partial charge in [0.25, 0.3) is 5.91 Å². The van der Waals surface area contributed by atoms with Gasteiger partial charge in [-0.1, -0.05) is 11.8 Å². The van der Waals surface area contributed by atoms with Crippen LogP contribution in [0.5, 0.6) is 0 Å². The Morgan fingerprint density at radius 3 is 3.05 bits per heavy atom. The summed E-state index contributed by atoms with van der Waals surface area (Å²) in [6.45, 7) is 0.472. The molecule has 2 aromatic rings. The van der Waals surface area contributed by atoms with E-state index in [0.29, 0.717) is 17.7 Å². The Balaban J connectivity index is 2.16. The standard InChI is InChI=1S/C14H12FN3OS/c15-11-3-4-13(10(6-11)2-1-5-16)14(19)17-7-12-8-20-9-18-12/h3-4,6,8-9H,5,7,16H2,(H,17,19). The molecule has 0 aliphatic carbocycles. The second-order valence-electron chi connectivity index (χ2n) is 3.86. The summed E-state index contributed by atoms with van der Waals surface area (Å²) >= 11 is 1.46. The number of carbonyl (C=O) groups excluding carboxylic acids is 1. The molecule has 1 aromatic heterocycles. The highest BCUT2D eigenvalue weighted by Crippen LogP contribution is 2.11. The zero-order chi connectivity index (χ0) is 14.4. The van der Waals surface area contributed by atoms with Gasteiger partial charge in [0, 0.05) is 10.9 Å². The highest BCUT2D eigenvalue weighted by Gasteiger charge is 2.11. The van der Waals surface area contributed by atoms with Crippen molar-refractivity contribution in [3.05, 3.63) is 51.7 Å². The SMILES string of the molecule is NCC#Cc1cc(F)ccc1C(=O)NCc1cscn1. The first-order chi connectivity index (χ1) is 9.70. The summed E-state index contributed by atoms with van der Waals surface area (Å²) < 4.78 is 13.2. The zero-order valence-electron chi connectivity index (χ0n) is 10.5. The number of halogens is 1. The lowest BCUT2D eigenvalue weighted by molar-refractivity contribution is 0.0950. The summed E-state index contributed by atoms with van der Waals surface area (Å²) in [5.74, 6) is 4.55. The average Bonchev–Trinajstić information content (AvgIpc) is 2.96. The molecule has 0 radical (unpaired) electrons. The molecule has 4 nitrogen and oxygen atoms in total. The number of hydrogen-bond acceptors (Lipinski definition) is 4. The fourth-order valence-corrected chi connectivity index (χ4v) is 2.11. The summed E-state index contributed by atoms with van der Waals surface area (Å²) in [5, 5.41) is 4.57. The Labute approximate surface area is 119 Å². The molecule has 1 heterocycles. The molecular formula is C14H12FN3OS. The van der Waals surface area contributed by atoms with Crippen molar-refractivity contribution in [2.45, 2.75) is 6.54 Å². The third-order valence-electron chi connectivity index (χ3n) is 2.46. The molecule has 0 saturated heterocycles. The summed E-state index contributed by atoms with van der Waals surface area (Å²) in [6.07, 6.45) is 0. The van der Waals surface area contributed by atoms with Gasteiger partial charge in [0.2, 0.25) is 0 Å². The number of thiazole rings is 1. The number of benzene rings is 1. The molecule has 0 spiro atoms. The molecule has 0 fully saturated rings. The van der Waals surface area contributed by atoms with Crippen LogP contribution in [0.3, 0.4) is 0 Å². The minimum atomic E-state index is -0.442. The maximum absolute atomic E-state index is 13.2. The van der Waals surface area contributed by atoms with Gasteiger partial charge in [-0.25, -0.2) is 9.37 Å². The first-order valence-electron chi connectivity index (χ1n) is 5.84. The number of nitrogens with zero attached hydrogens (tertiary/aromatic N) is 1. The van der Waals surface area contributed by atoms with Crippen molar-refractivity contribution in [3.8, 4) is 11.8 Å². The highest BCUT2D eigenvalue weighted by molar-refractivity contribution is 7.07. The van der Waals surface area contributed by atoms with E-state index in [1.165, 1.54) is 29.5 Å². The van der Waals surface area contributed by atoms with E-state index in [2.05, 4.69) is 22.1 Å². The van der Waals surface area contributed by atoms with E-state index in [9.17, 15) is 9.18 Å². The first-order valence-corrected chi connectivity index (χ1v) is 6.78. The maximum Gasteiger partial charge on any atom is 0.252 e. The normalized spacial score (nSPS) is 9.70.